The molecule has 3 rings (SSSR count). The molecular formula is C20H25N3O6. The van der Waals surface area contributed by atoms with E-state index in [0.717, 1.165) is 44.6 Å². The lowest BCUT2D eigenvalue weighted by Gasteiger charge is -2.29. The number of ether oxygens (including phenoxy) is 1. The lowest BCUT2D eigenvalue weighted by atomic mass is 9.94. The van der Waals surface area contributed by atoms with E-state index in [0.29, 0.717) is 11.3 Å². The number of esters is 1. The van der Waals surface area contributed by atoms with Crippen LogP contribution in [0.25, 0.3) is 0 Å². The molecule has 0 radical (unpaired) electrons. The Balaban J connectivity index is 1.88. The second-order valence-corrected chi connectivity index (χ2v) is 7.45. The molecule has 0 bridgehead atoms. The van der Waals surface area contributed by atoms with E-state index >= 15 is 0 Å². The highest BCUT2D eigenvalue weighted by Crippen LogP contribution is 2.34. The summed E-state index contributed by atoms with van der Waals surface area (Å²) in [6, 6.07) is 2.33. The van der Waals surface area contributed by atoms with Crippen LogP contribution in [0.2, 0.25) is 0 Å². The Morgan fingerprint density at radius 1 is 1.21 bits per heavy atom. The zero-order chi connectivity index (χ0) is 21.0. The van der Waals surface area contributed by atoms with Gasteiger partial charge in [-0.05, 0) is 44.2 Å². The van der Waals surface area contributed by atoms with Crippen molar-refractivity contribution in [2.45, 2.75) is 64.0 Å². The quantitative estimate of drug-likeness (QED) is 0.400. The first-order valence-corrected chi connectivity index (χ1v) is 9.83. The monoisotopic (exact) mass is 403 g/mol. The minimum Gasteiger partial charge on any atom is -0.502 e. The van der Waals surface area contributed by atoms with Gasteiger partial charge in [-0.2, -0.15) is 0 Å². The molecule has 1 aromatic carbocycles. The molecule has 1 atom stereocenters. The summed E-state index contributed by atoms with van der Waals surface area (Å²) in [4.78, 5) is 35.4. The third-order valence-electron chi connectivity index (χ3n) is 5.34. The van der Waals surface area contributed by atoms with Crippen molar-refractivity contribution in [1.29, 1.82) is 0 Å². The second kappa shape index (κ2) is 8.93. The Labute approximate surface area is 168 Å². The minimum absolute atomic E-state index is 0.185. The summed E-state index contributed by atoms with van der Waals surface area (Å²) in [6.07, 6.45) is 6.84. The molecule has 1 unspecified atom stereocenters. The molecule has 2 aliphatic rings. The Morgan fingerprint density at radius 2 is 1.86 bits per heavy atom. The van der Waals surface area contributed by atoms with Crippen LogP contribution in [0.15, 0.2) is 29.5 Å². The molecule has 29 heavy (non-hydrogen) atoms. The molecule has 0 saturated heterocycles. The van der Waals surface area contributed by atoms with Gasteiger partial charge < -0.3 is 20.5 Å². The molecule has 1 aromatic rings. The first kappa shape index (κ1) is 20.6. The van der Waals surface area contributed by atoms with Crippen LogP contribution in [0, 0.1) is 10.1 Å². The zero-order valence-electron chi connectivity index (χ0n) is 16.3. The van der Waals surface area contributed by atoms with Crippen molar-refractivity contribution in [3.05, 3.63) is 45.1 Å². The number of carbonyl (C=O) groups is 2. The molecule has 0 aromatic heterocycles. The molecule has 1 aliphatic heterocycles. The fourth-order valence-corrected chi connectivity index (χ4v) is 3.83. The predicted molar refractivity (Wildman–Crippen MR) is 104 cm³/mol. The van der Waals surface area contributed by atoms with Gasteiger partial charge in [-0.1, -0.05) is 25.3 Å². The topological polar surface area (TPSA) is 131 Å². The lowest BCUT2D eigenvalue weighted by Crippen LogP contribution is -2.45. The van der Waals surface area contributed by atoms with E-state index in [2.05, 4.69) is 10.6 Å². The maximum Gasteiger partial charge on any atom is 0.338 e. The number of nitrogens with zero attached hydrogens (tertiary/aromatic N) is 1. The van der Waals surface area contributed by atoms with Crippen molar-refractivity contribution in [2.75, 3.05) is 0 Å². The predicted octanol–water partition coefficient (Wildman–Crippen LogP) is 3.58. The number of benzene rings is 1. The molecule has 1 fully saturated rings. The fraction of sp³-hybridized carbons (Fsp3) is 0.500. The molecule has 2 amide bonds. The van der Waals surface area contributed by atoms with Gasteiger partial charge in [0.05, 0.1) is 16.5 Å². The summed E-state index contributed by atoms with van der Waals surface area (Å²) in [6.45, 7) is 1.59. The average Bonchev–Trinajstić information content (AvgIpc) is 2.63. The first-order valence-electron chi connectivity index (χ1n) is 9.83. The third kappa shape index (κ3) is 4.85. The number of phenolic OH excluding ortho intramolecular Hbond substituents is 1. The number of aromatic hydroxyl groups is 1. The lowest BCUT2D eigenvalue weighted by molar-refractivity contribution is -0.385. The Kier molecular flexibility index (Phi) is 6.36. The van der Waals surface area contributed by atoms with E-state index in [9.17, 15) is 24.8 Å². The highest BCUT2D eigenvalue weighted by atomic mass is 16.6. The Morgan fingerprint density at radius 3 is 2.52 bits per heavy atom. The van der Waals surface area contributed by atoms with Crippen LogP contribution in [-0.4, -0.2) is 28.1 Å². The number of nitro groups is 1. The SMILES string of the molecule is CC1=C(C(=O)OC2CCCCCCC2)C(c2ccc(O)c([N+](=O)[O-])c2)NC(=O)N1. The van der Waals surface area contributed by atoms with Crippen molar-refractivity contribution < 1.29 is 24.4 Å². The van der Waals surface area contributed by atoms with Gasteiger partial charge in [-0.15, -0.1) is 0 Å². The average molecular weight is 403 g/mol. The first-order chi connectivity index (χ1) is 13.9. The number of nitro benzene ring substituents is 1. The highest BCUT2D eigenvalue weighted by molar-refractivity contribution is 5.95. The molecule has 1 heterocycles. The van der Waals surface area contributed by atoms with E-state index in [1.165, 1.54) is 18.6 Å². The van der Waals surface area contributed by atoms with Gasteiger partial charge in [0, 0.05) is 11.8 Å². The normalized spacial score (nSPS) is 20.9. The zero-order valence-corrected chi connectivity index (χ0v) is 16.3. The largest absolute Gasteiger partial charge is 0.502 e. The number of allylic oxidation sites excluding steroid dienone is 1. The molecule has 0 spiro atoms. The van der Waals surface area contributed by atoms with Crippen LogP contribution < -0.4 is 10.6 Å². The molecule has 3 N–H and O–H groups in total. The van der Waals surface area contributed by atoms with E-state index in [1.807, 2.05) is 0 Å². The van der Waals surface area contributed by atoms with Crippen molar-refractivity contribution in [3.8, 4) is 5.75 Å². The number of phenols is 1. The van der Waals surface area contributed by atoms with Crippen molar-refractivity contribution >= 4 is 17.7 Å². The Bertz CT molecular complexity index is 843. The maximum atomic E-state index is 13.0. The van der Waals surface area contributed by atoms with Crippen LogP contribution in [0.3, 0.4) is 0 Å². The highest BCUT2D eigenvalue weighted by Gasteiger charge is 2.34. The van der Waals surface area contributed by atoms with Gasteiger partial charge in [-0.3, -0.25) is 10.1 Å². The number of urea groups is 1. The number of carbonyl (C=O) groups excluding carboxylic acids is 2. The van der Waals surface area contributed by atoms with E-state index < -0.39 is 34.4 Å². The molecule has 156 valence electrons. The smallest absolute Gasteiger partial charge is 0.338 e. The summed E-state index contributed by atoms with van der Waals surface area (Å²) >= 11 is 0. The van der Waals surface area contributed by atoms with Gasteiger partial charge in [0.2, 0.25) is 0 Å². The van der Waals surface area contributed by atoms with E-state index in [4.69, 9.17) is 4.74 Å². The van der Waals surface area contributed by atoms with Crippen LogP contribution in [0.4, 0.5) is 10.5 Å². The fourth-order valence-electron chi connectivity index (χ4n) is 3.83. The van der Waals surface area contributed by atoms with Crippen LogP contribution >= 0.6 is 0 Å². The summed E-state index contributed by atoms with van der Waals surface area (Å²) in [5.74, 6) is -1.04. The second-order valence-electron chi connectivity index (χ2n) is 7.45. The van der Waals surface area contributed by atoms with Crippen LogP contribution in [0.1, 0.15) is 63.5 Å². The van der Waals surface area contributed by atoms with Gasteiger partial charge >= 0.3 is 17.7 Å². The van der Waals surface area contributed by atoms with Crippen LogP contribution in [0.5, 0.6) is 5.75 Å². The van der Waals surface area contributed by atoms with E-state index in [1.54, 1.807) is 6.92 Å². The molecule has 1 saturated carbocycles. The third-order valence-corrected chi connectivity index (χ3v) is 5.34. The van der Waals surface area contributed by atoms with Gasteiger partial charge in [0.15, 0.2) is 5.75 Å². The number of amides is 2. The van der Waals surface area contributed by atoms with Gasteiger partial charge in [-0.25, -0.2) is 9.59 Å². The van der Waals surface area contributed by atoms with Crippen molar-refractivity contribution in [2.24, 2.45) is 0 Å². The standard InChI is InChI=1S/C20H25N3O6/c1-12-17(19(25)29-14-7-5-3-2-4-6-8-14)18(22-20(26)21-12)13-9-10-16(24)15(11-13)23(27)28/h9-11,14,18,24H,2-8H2,1H3,(H2,21,22,26). The van der Waals surface area contributed by atoms with Crippen molar-refractivity contribution in [3.63, 3.8) is 0 Å². The summed E-state index contributed by atoms with van der Waals surface area (Å²) in [5.41, 5.74) is 0.353. The molecular weight excluding hydrogens is 378 g/mol. The van der Waals surface area contributed by atoms with E-state index in [-0.39, 0.29) is 11.7 Å². The Hall–Kier alpha value is -3.10. The summed E-state index contributed by atoms with van der Waals surface area (Å²) < 4.78 is 5.75. The van der Waals surface area contributed by atoms with Crippen molar-refractivity contribution in [1.82, 2.24) is 10.6 Å². The molecule has 9 nitrogen and oxygen atoms in total. The molecule has 1 aliphatic carbocycles. The number of hydrogen-bond donors (Lipinski definition) is 3. The minimum atomic E-state index is -0.913. The van der Waals surface area contributed by atoms with Crippen LogP contribution in [-0.2, 0) is 9.53 Å². The summed E-state index contributed by atoms with van der Waals surface area (Å²) in [5, 5.41) is 26.1. The number of rotatable bonds is 4. The maximum absolute atomic E-state index is 13.0. The van der Waals surface area contributed by atoms with Gasteiger partial charge in [0.1, 0.15) is 6.10 Å². The number of nitrogens with one attached hydrogen (secondary N) is 2. The summed E-state index contributed by atoms with van der Waals surface area (Å²) in [7, 11) is 0. The number of hydrogen-bond acceptors (Lipinski definition) is 6. The van der Waals surface area contributed by atoms with Gasteiger partial charge in [0.25, 0.3) is 0 Å². The molecule has 9 heteroatoms.